The van der Waals surface area contributed by atoms with Crippen LogP contribution in [0, 0.1) is 6.92 Å². The number of aryl methyl sites for hydroxylation is 1. The van der Waals surface area contributed by atoms with Gasteiger partial charge >= 0.3 is 0 Å². The van der Waals surface area contributed by atoms with Crippen molar-refractivity contribution < 1.29 is 4.74 Å². The molecule has 0 saturated heterocycles. The topological polar surface area (TPSA) is 57.2 Å². The lowest BCUT2D eigenvalue weighted by atomic mass is 10.3. The Bertz CT molecular complexity index is 335. The van der Waals surface area contributed by atoms with E-state index in [9.17, 15) is 4.79 Å². The zero-order chi connectivity index (χ0) is 9.14. The van der Waals surface area contributed by atoms with Gasteiger partial charge in [-0.2, -0.15) is 0 Å². The highest BCUT2D eigenvalue weighted by Gasteiger charge is 2.00. The van der Waals surface area contributed by atoms with Crippen molar-refractivity contribution in [3.05, 3.63) is 28.2 Å². The Morgan fingerprint density at radius 3 is 2.54 bits per heavy atom. The molecule has 0 spiro atoms. The first-order chi connectivity index (χ1) is 5.69. The fraction of sp³-hybridized carbons (Fsp3) is 0.375. The molecule has 74 valence electrons. The molecule has 0 bridgehead atoms. The van der Waals surface area contributed by atoms with Crippen LogP contribution in [0.15, 0.2) is 16.9 Å². The van der Waals surface area contributed by atoms with Crippen molar-refractivity contribution >= 4 is 12.4 Å². The van der Waals surface area contributed by atoms with E-state index in [0.29, 0.717) is 5.75 Å². The van der Waals surface area contributed by atoms with Gasteiger partial charge in [0.1, 0.15) is 5.75 Å². The van der Waals surface area contributed by atoms with Crippen molar-refractivity contribution in [2.75, 3.05) is 7.11 Å². The molecule has 0 atom stereocenters. The average Bonchev–Trinajstić information content (AvgIpc) is 2.03. The number of nitrogens with zero attached hydrogens (tertiary/aromatic N) is 1. The maximum atomic E-state index is 11.3. The van der Waals surface area contributed by atoms with E-state index in [-0.39, 0.29) is 24.6 Å². The first-order valence-electron chi connectivity index (χ1n) is 3.64. The van der Waals surface area contributed by atoms with Gasteiger partial charge in [-0.1, -0.05) is 0 Å². The summed E-state index contributed by atoms with van der Waals surface area (Å²) in [5, 5.41) is 0. The average molecular weight is 205 g/mol. The van der Waals surface area contributed by atoms with Crippen molar-refractivity contribution in [3.63, 3.8) is 0 Å². The minimum atomic E-state index is -0.130. The molecule has 0 radical (unpaired) electrons. The van der Waals surface area contributed by atoms with Crippen LogP contribution in [-0.4, -0.2) is 11.7 Å². The first kappa shape index (κ1) is 12.0. The van der Waals surface area contributed by atoms with E-state index in [0.717, 1.165) is 5.69 Å². The summed E-state index contributed by atoms with van der Waals surface area (Å²) in [6, 6.07) is 3.19. The van der Waals surface area contributed by atoms with Crippen molar-refractivity contribution in [3.8, 4) is 5.75 Å². The second-order valence-corrected chi connectivity index (χ2v) is 2.49. The standard InChI is InChI=1S/C8H12N2O2.ClH/c1-6-3-7(12-2)4-8(11)10(6)5-9;/h3-4H,5,9H2,1-2H3;1H. The quantitative estimate of drug-likeness (QED) is 0.764. The zero-order valence-corrected chi connectivity index (χ0v) is 8.43. The lowest BCUT2D eigenvalue weighted by Gasteiger charge is -2.07. The van der Waals surface area contributed by atoms with Gasteiger partial charge in [-0.3, -0.25) is 9.36 Å². The number of hydrogen-bond donors (Lipinski definition) is 1. The van der Waals surface area contributed by atoms with Gasteiger partial charge in [0.05, 0.1) is 13.8 Å². The largest absolute Gasteiger partial charge is 0.496 e. The fourth-order valence-corrected chi connectivity index (χ4v) is 1.05. The van der Waals surface area contributed by atoms with Crippen LogP contribution in [0.3, 0.4) is 0 Å². The molecular formula is C8H13ClN2O2. The highest BCUT2D eigenvalue weighted by Crippen LogP contribution is 2.07. The molecule has 1 rings (SSSR count). The van der Waals surface area contributed by atoms with E-state index >= 15 is 0 Å². The molecule has 0 amide bonds. The molecule has 0 unspecified atom stereocenters. The SMILES string of the molecule is COc1cc(C)n(CN)c(=O)c1.Cl. The molecule has 1 aromatic heterocycles. The van der Waals surface area contributed by atoms with Gasteiger partial charge in [0.15, 0.2) is 0 Å². The Kier molecular flexibility index (Phi) is 4.51. The summed E-state index contributed by atoms with van der Waals surface area (Å²) in [5.74, 6) is 0.571. The first-order valence-corrected chi connectivity index (χ1v) is 3.64. The summed E-state index contributed by atoms with van der Waals surface area (Å²) in [4.78, 5) is 11.3. The third kappa shape index (κ3) is 2.47. The Hall–Kier alpha value is -1.00. The van der Waals surface area contributed by atoms with E-state index in [1.807, 2.05) is 6.92 Å². The number of aromatic nitrogens is 1. The molecule has 1 aromatic rings. The van der Waals surface area contributed by atoms with E-state index in [1.54, 1.807) is 6.07 Å². The number of hydrogen-bond acceptors (Lipinski definition) is 3. The van der Waals surface area contributed by atoms with Crippen LogP contribution in [0.5, 0.6) is 5.75 Å². The zero-order valence-electron chi connectivity index (χ0n) is 7.61. The van der Waals surface area contributed by atoms with Crippen molar-refractivity contribution in [2.24, 2.45) is 5.73 Å². The predicted molar refractivity (Wildman–Crippen MR) is 53.4 cm³/mol. The Balaban J connectivity index is 0.00000144. The van der Waals surface area contributed by atoms with Gasteiger partial charge in [-0.25, -0.2) is 0 Å². The molecule has 0 saturated carbocycles. The van der Waals surface area contributed by atoms with Crippen LogP contribution < -0.4 is 16.0 Å². The number of ether oxygens (including phenoxy) is 1. The molecule has 0 aliphatic rings. The number of halogens is 1. The molecule has 13 heavy (non-hydrogen) atoms. The monoisotopic (exact) mass is 204 g/mol. The van der Waals surface area contributed by atoms with Crippen LogP contribution in [0.25, 0.3) is 0 Å². The summed E-state index contributed by atoms with van der Waals surface area (Å²) < 4.78 is 6.40. The summed E-state index contributed by atoms with van der Waals surface area (Å²) >= 11 is 0. The van der Waals surface area contributed by atoms with Gasteiger partial charge in [0.25, 0.3) is 5.56 Å². The van der Waals surface area contributed by atoms with E-state index in [2.05, 4.69) is 0 Å². The van der Waals surface area contributed by atoms with Gasteiger partial charge in [-0.05, 0) is 13.0 Å². The van der Waals surface area contributed by atoms with E-state index in [4.69, 9.17) is 10.5 Å². The second-order valence-electron chi connectivity index (χ2n) is 2.49. The van der Waals surface area contributed by atoms with Gasteiger partial charge in [0.2, 0.25) is 0 Å². The molecule has 0 fully saturated rings. The normalized spacial score (nSPS) is 9.15. The maximum Gasteiger partial charge on any atom is 0.255 e. The minimum absolute atomic E-state index is 0. The second kappa shape index (κ2) is 4.89. The minimum Gasteiger partial charge on any atom is -0.496 e. The molecule has 0 aromatic carbocycles. The smallest absolute Gasteiger partial charge is 0.255 e. The lowest BCUT2D eigenvalue weighted by molar-refractivity contribution is 0.411. The number of rotatable bonds is 2. The number of methoxy groups -OCH3 is 1. The van der Waals surface area contributed by atoms with Crippen molar-refractivity contribution in [1.82, 2.24) is 4.57 Å². The molecule has 0 aliphatic heterocycles. The van der Waals surface area contributed by atoms with Crippen LogP contribution in [0.2, 0.25) is 0 Å². The number of pyridine rings is 1. The molecule has 5 heteroatoms. The third-order valence-corrected chi connectivity index (χ3v) is 1.73. The van der Waals surface area contributed by atoms with Crippen LogP contribution in [0.4, 0.5) is 0 Å². The van der Waals surface area contributed by atoms with Crippen LogP contribution in [-0.2, 0) is 6.67 Å². The molecule has 0 aliphatic carbocycles. The number of nitrogens with two attached hydrogens (primary N) is 1. The molecule has 4 nitrogen and oxygen atoms in total. The van der Waals surface area contributed by atoms with Crippen LogP contribution >= 0.6 is 12.4 Å². The van der Waals surface area contributed by atoms with Crippen molar-refractivity contribution in [1.29, 1.82) is 0 Å². The van der Waals surface area contributed by atoms with Gasteiger partial charge in [0, 0.05) is 11.8 Å². The van der Waals surface area contributed by atoms with Gasteiger partial charge in [-0.15, -0.1) is 12.4 Å². The molecular weight excluding hydrogens is 192 g/mol. The summed E-state index contributed by atoms with van der Waals surface area (Å²) in [6.45, 7) is 2.02. The fourth-order valence-electron chi connectivity index (χ4n) is 1.05. The van der Waals surface area contributed by atoms with Gasteiger partial charge < -0.3 is 10.5 Å². The summed E-state index contributed by atoms with van der Waals surface area (Å²) in [7, 11) is 1.53. The highest BCUT2D eigenvalue weighted by molar-refractivity contribution is 5.85. The van der Waals surface area contributed by atoms with Crippen molar-refractivity contribution in [2.45, 2.75) is 13.6 Å². The summed E-state index contributed by atoms with van der Waals surface area (Å²) in [5.41, 5.74) is 6.04. The lowest BCUT2D eigenvalue weighted by Crippen LogP contribution is -2.25. The Morgan fingerprint density at radius 2 is 2.15 bits per heavy atom. The third-order valence-electron chi connectivity index (χ3n) is 1.73. The highest BCUT2D eigenvalue weighted by atomic mass is 35.5. The Morgan fingerprint density at radius 1 is 1.54 bits per heavy atom. The summed E-state index contributed by atoms with van der Waals surface area (Å²) in [6.07, 6.45) is 0. The molecule has 1 heterocycles. The van der Waals surface area contributed by atoms with E-state index in [1.165, 1.54) is 17.7 Å². The maximum absolute atomic E-state index is 11.3. The predicted octanol–water partition coefficient (Wildman–Crippen LogP) is 0.503. The van der Waals surface area contributed by atoms with E-state index < -0.39 is 0 Å². The van der Waals surface area contributed by atoms with Crippen LogP contribution in [0.1, 0.15) is 5.69 Å². The Labute approximate surface area is 82.7 Å². The molecule has 2 N–H and O–H groups in total.